The highest BCUT2D eigenvalue weighted by Gasteiger charge is 2.24. The minimum absolute atomic E-state index is 0.00914. The van der Waals surface area contributed by atoms with E-state index >= 15 is 0 Å². The SMILES string of the molecule is CCCNC(C)c1c(F)cccc1N1CCOC(CO)C1. The fourth-order valence-electron chi connectivity index (χ4n) is 2.74. The van der Waals surface area contributed by atoms with Crippen molar-refractivity contribution in [3.63, 3.8) is 0 Å². The van der Waals surface area contributed by atoms with Crippen molar-refractivity contribution in [1.29, 1.82) is 0 Å². The zero-order valence-electron chi connectivity index (χ0n) is 12.8. The summed E-state index contributed by atoms with van der Waals surface area (Å²) in [5.74, 6) is -0.185. The Bertz CT molecular complexity index is 456. The molecule has 5 heteroatoms. The van der Waals surface area contributed by atoms with Gasteiger partial charge in [-0.25, -0.2) is 4.39 Å². The molecule has 1 saturated heterocycles. The van der Waals surface area contributed by atoms with Crippen molar-refractivity contribution in [2.24, 2.45) is 0 Å². The summed E-state index contributed by atoms with van der Waals surface area (Å²) in [7, 11) is 0. The van der Waals surface area contributed by atoms with E-state index in [1.165, 1.54) is 6.07 Å². The molecule has 2 rings (SSSR count). The zero-order valence-corrected chi connectivity index (χ0v) is 12.8. The summed E-state index contributed by atoms with van der Waals surface area (Å²) in [4.78, 5) is 2.10. The molecule has 0 aromatic heterocycles. The van der Waals surface area contributed by atoms with Crippen LogP contribution in [0.5, 0.6) is 0 Å². The Morgan fingerprint density at radius 1 is 1.52 bits per heavy atom. The lowest BCUT2D eigenvalue weighted by molar-refractivity contribution is 0.00349. The molecule has 0 spiro atoms. The van der Waals surface area contributed by atoms with Gasteiger partial charge in [-0.05, 0) is 32.0 Å². The molecule has 1 aliphatic rings. The van der Waals surface area contributed by atoms with Crippen LogP contribution in [0.1, 0.15) is 31.9 Å². The number of benzene rings is 1. The number of aliphatic hydroxyl groups excluding tert-OH is 1. The van der Waals surface area contributed by atoms with Gasteiger partial charge < -0.3 is 20.1 Å². The molecule has 2 N–H and O–H groups in total. The summed E-state index contributed by atoms with van der Waals surface area (Å²) in [5, 5.41) is 12.6. The molecule has 1 aromatic rings. The Morgan fingerprint density at radius 3 is 3.05 bits per heavy atom. The van der Waals surface area contributed by atoms with Crippen molar-refractivity contribution >= 4 is 5.69 Å². The molecule has 1 aliphatic heterocycles. The lowest BCUT2D eigenvalue weighted by Crippen LogP contribution is -2.44. The molecule has 0 radical (unpaired) electrons. The molecule has 2 unspecified atom stereocenters. The second-order valence-corrected chi connectivity index (χ2v) is 5.47. The maximum absolute atomic E-state index is 14.3. The van der Waals surface area contributed by atoms with Crippen molar-refractivity contribution in [2.45, 2.75) is 32.4 Å². The standard InChI is InChI=1S/C16H25FN2O2/c1-3-7-18-12(2)16-14(17)5-4-6-15(16)19-8-9-21-13(10-19)11-20/h4-6,12-13,18,20H,3,7-11H2,1-2H3. The quantitative estimate of drug-likeness (QED) is 0.844. The Labute approximate surface area is 125 Å². The number of anilines is 1. The maximum Gasteiger partial charge on any atom is 0.130 e. The van der Waals surface area contributed by atoms with Crippen molar-refractivity contribution in [2.75, 3.05) is 37.7 Å². The highest BCUT2D eigenvalue weighted by Crippen LogP contribution is 2.30. The molecule has 0 bridgehead atoms. The lowest BCUT2D eigenvalue weighted by atomic mass is 10.0. The maximum atomic E-state index is 14.3. The lowest BCUT2D eigenvalue weighted by Gasteiger charge is -2.36. The zero-order chi connectivity index (χ0) is 15.2. The second kappa shape index (κ2) is 7.73. The number of nitrogens with one attached hydrogen (secondary N) is 1. The van der Waals surface area contributed by atoms with E-state index in [1.807, 2.05) is 13.0 Å². The van der Waals surface area contributed by atoms with Gasteiger partial charge in [0, 0.05) is 30.4 Å². The average molecular weight is 296 g/mol. The monoisotopic (exact) mass is 296 g/mol. The van der Waals surface area contributed by atoms with E-state index in [9.17, 15) is 9.50 Å². The number of hydrogen-bond donors (Lipinski definition) is 2. The van der Waals surface area contributed by atoms with Crippen LogP contribution in [-0.2, 0) is 4.74 Å². The number of ether oxygens (including phenoxy) is 1. The molecule has 1 heterocycles. The molecule has 1 aromatic carbocycles. The Kier molecular flexibility index (Phi) is 5.96. The number of halogens is 1. The topological polar surface area (TPSA) is 44.7 Å². The average Bonchev–Trinajstić information content (AvgIpc) is 2.52. The van der Waals surface area contributed by atoms with Crippen molar-refractivity contribution in [3.8, 4) is 0 Å². The fraction of sp³-hybridized carbons (Fsp3) is 0.625. The summed E-state index contributed by atoms with van der Waals surface area (Å²) >= 11 is 0. The van der Waals surface area contributed by atoms with Gasteiger partial charge in [-0.1, -0.05) is 13.0 Å². The number of rotatable bonds is 6. The minimum Gasteiger partial charge on any atom is -0.394 e. The van der Waals surface area contributed by atoms with Crippen molar-refractivity contribution in [1.82, 2.24) is 5.32 Å². The molecule has 1 fully saturated rings. The molecule has 0 saturated carbocycles. The third-order valence-electron chi connectivity index (χ3n) is 3.85. The van der Waals surface area contributed by atoms with E-state index in [-0.39, 0.29) is 24.6 Å². The Morgan fingerprint density at radius 2 is 2.33 bits per heavy atom. The summed E-state index contributed by atoms with van der Waals surface area (Å²) < 4.78 is 19.8. The van der Waals surface area contributed by atoms with Crippen LogP contribution in [0.15, 0.2) is 18.2 Å². The van der Waals surface area contributed by atoms with Gasteiger partial charge in [0.25, 0.3) is 0 Å². The molecule has 21 heavy (non-hydrogen) atoms. The number of hydrogen-bond acceptors (Lipinski definition) is 4. The van der Waals surface area contributed by atoms with Gasteiger partial charge in [0.15, 0.2) is 0 Å². The third-order valence-corrected chi connectivity index (χ3v) is 3.85. The van der Waals surface area contributed by atoms with Crippen LogP contribution in [0.2, 0.25) is 0 Å². The fourth-order valence-corrected chi connectivity index (χ4v) is 2.74. The molecular formula is C16H25FN2O2. The number of morpholine rings is 1. The molecule has 0 amide bonds. The van der Waals surface area contributed by atoms with E-state index < -0.39 is 0 Å². The van der Waals surface area contributed by atoms with E-state index in [2.05, 4.69) is 17.1 Å². The van der Waals surface area contributed by atoms with Gasteiger partial charge in [-0.3, -0.25) is 0 Å². The molecule has 4 nitrogen and oxygen atoms in total. The minimum atomic E-state index is -0.200. The highest BCUT2D eigenvalue weighted by molar-refractivity contribution is 5.56. The molecule has 118 valence electrons. The Balaban J connectivity index is 2.24. The highest BCUT2D eigenvalue weighted by atomic mass is 19.1. The van der Waals surface area contributed by atoms with Crippen LogP contribution < -0.4 is 10.2 Å². The normalized spacial score (nSPS) is 20.6. The van der Waals surface area contributed by atoms with Crippen molar-refractivity contribution < 1.29 is 14.2 Å². The van der Waals surface area contributed by atoms with Crippen LogP contribution in [0.25, 0.3) is 0 Å². The van der Waals surface area contributed by atoms with Crippen LogP contribution in [-0.4, -0.2) is 44.1 Å². The summed E-state index contributed by atoms with van der Waals surface area (Å²) in [5.41, 5.74) is 1.59. The van der Waals surface area contributed by atoms with Gasteiger partial charge in [0.05, 0.1) is 19.3 Å². The van der Waals surface area contributed by atoms with E-state index in [0.717, 1.165) is 18.7 Å². The number of nitrogens with zero attached hydrogens (tertiary/aromatic N) is 1. The smallest absolute Gasteiger partial charge is 0.130 e. The van der Waals surface area contributed by atoms with Gasteiger partial charge in [-0.2, -0.15) is 0 Å². The first kappa shape index (κ1) is 16.2. The summed E-state index contributed by atoms with van der Waals surface area (Å²) in [6.45, 7) is 6.79. The van der Waals surface area contributed by atoms with Crippen LogP contribution in [0.4, 0.5) is 10.1 Å². The predicted octanol–water partition coefficient (Wildman–Crippen LogP) is 2.08. The second-order valence-electron chi connectivity index (χ2n) is 5.47. The van der Waals surface area contributed by atoms with Crippen LogP contribution >= 0.6 is 0 Å². The van der Waals surface area contributed by atoms with Gasteiger partial charge in [0.2, 0.25) is 0 Å². The van der Waals surface area contributed by atoms with Gasteiger partial charge in [-0.15, -0.1) is 0 Å². The molecule has 2 atom stereocenters. The van der Waals surface area contributed by atoms with Gasteiger partial charge in [0.1, 0.15) is 5.82 Å². The largest absolute Gasteiger partial charge is 0.394 e. The third kappa shape index (κ3) is 3.93. The van der Waals surface area contributed by atoms with Crippen LogP contribution in [0, 0.1) is 5.82 Å². The van der Waals surface area contributed by atoms with Crippen molar-refractivity contribution in [3.05, 3.63) is 29.6 Å². The predicted molar refractivity (Wildman–Crippen MR) is 82.1 cm³/mol. The van der Waals surface area contributed by atoms with E-state index in [4.69, 9.17) is 4.74 Å². The van der Waals surface area contributed by atoms with Gasteiger partial charge >= 0.3 is 0 Å². The Hall–Kier alpha value is -1.17. The summed E-state index contributed by atoms with van der Waals surface area (Å²) in [6, 6.07) is 5.15. The molecular weight excluding hydrogens is 271 g/mol. The molecule has 0 aliphatic carbocycles. The van der Waals surface area contributed by atoms with E-state index in [0.29, 0.717) is 25.3 Å². The first-order chi connectivity index (χ1) is 10.2. The number of aliphatic hydroxyl groups is 1. The van der Waals surface area contributed by atoms with E-state index in [1.54, 1.807) is 6.07 Å². The first-order valence-corrected chi connectivity index (χ1v) is 7.66. The summed E-state index contributed by atoms with van der Waals surface area (Å²) in [6.07, 6.45) is 0.812. The first-order valence-electron chi connectivity index (χ1n) is 7.66. The van der Waals surface area contributed by atoms with Crippen LogP contribution in [0.3, 0.4) is 0 Å².